The van der Waals surface area contributed by atoms with Crippen molar-refractivity contribution in [2.24, 2.45) is 11.7 Å². The van der Waals surface area contributed by atoms with Gasteiger partial charge in [-0.25, -0.2) is 0 Å². The fourth-order valence-electron chi connectivity index (χ4n) is 3.15. The maximum atomic E-state index is 12.6. The highest BCUT2D eigenvalue weighted by Gasteiger charge is 2.28. The molecule has 0 saturated heterocycles. The average Bonchev–Trinajstić information content (AvgIpc) is 3.09. The molecule has 2 amide bonds. The molecule has 0 radical (unpaired) electrons. The smallest absolute Gasteiger partial charge is 0.257 e. The summed E-state index contributed by atoms with van der Waals surface area (Å²) in [7, 11) is 1.59. The molecule has 27 heavy (non-hydrogen) atoms. The van der Waals surface area contributed by atoms with Crippen LogP contribution in [0.25, 0.3) is 0 Å². The third-order valence-electron chi connectivity index (χ3n) is 4.62. The summed E-state index contributed by atoms with van der Waals surface area (Å²) in [6, 6.07) is 14.1. The van der Waals surface area contributed by atoms with Gasteiger partial charge in [0.1, 0.15) is 5.75 Å². The Hall–Kier alpha value is -2.57. The van der Waals surface area contributed by atoms with Gasteiger partial charge in [0.2, 0.25) is 5.91 Å². The second kappa shape index (κ2) is 9.39. The Labute approximate surface area is 164 Å². The van der Waals surface area contributed by atoms with E-state index in [4.69, 9.17) is 10.5 Å². The minimum Gasteiger partial charge on any atom is -0.497 e. The van der Waals surface area contributed by atoms with Gasteiger partial charge in [-0.2, -0.15) is 0 Å². The molecule has 0 heterocycles. The van der Waals surface area contributed by atoms with Crippen LogP contribution in [0.5, 0.6) is 5.75 Å². The van der Waals surface area contributed by atoms with Gasteiger partial charge in [0.25, 0.3) is 5.91 Å². The first-order valence-electron chi connectivity index (χ1n) is 8.67. The molecule has 0 bridgehead atoms. The van der Waals surface area contributed by atoms with E-state index in [1.807, 2.05) is 0 Å². The summed E-state index contributed by atoms with van der Waals surface area (Å²) in [5, 5.41) is 5.72. The van der Waals surface area contributed by atoms with Crippen LogP contribution in [0, 0.1) is 5.92 Å². The Morgan fingerprint density at radius 2 is 1.74 bits per heavy atom. The highest BCUT2D eigenvalue weighted by molar-refractivity contribution is 6.10. The van der Waals surface area contributed by atoms with Crippen molar-refractivity contribution in [1.82, 2.24) is 0 Å². The number of methoxy groups -OCH3 is 1. The van der Waals surface area contributed by atoms with Crippen LogP contribution in [0.3, 0.4) is 0 Å². The molecule has 1 fully saturated rings. The number of ether oxygens (including phenoxy) is 1. The number of hydrogen-bond acceptors (Lipinski definition) is 4. The summed E-state index contributed by atoms with van der Waals surface area (Å²) in [6.07, 6.45) is 2.33. The Morgan fingerprint density at radius 1 is 1.04 bits per heavy atom. The molecule has 1 aliphatic carbocycles. The van der Waals surface area contributed by atoms with Gasteiger partial charge in [-0.05, 0) is 55.7 Å². The molecule has 1 aliphatic rings. The maximum Gasteiger partial charge on any atom is 0.257 e. The molecule has 0 aromatic heterocycles. The molecule has 2 aromatic rings. The van der Waals surface area contributed by atoms with Gasteiger partial charge in [0.15, 0.2) is 0 Å². The monoisotopic (exact) mass is 389 g/mol. The van der Waals surface area contributed by atoms with Gasteiger partial charge in [-0.1, -0.05) is 12.1 Å². The van der Waals surface area contributed by atoms with Crippen molar-refractivity contribution in [2.45, 2.75) is 25.3 Å². The molecule has 0 aliphatic heterocycles. The second-order valence-electron chi connectivity index (χ2n) is 6.49. The van der Waals surface area contributed by atoms with E-state index in [0.29, 0.717) is 29.1 Å². The number of nitrogens with two attached hydrogens (primary N) is 1. The summed E-state index contributed by atoms with van der Waals surface area (Å²) in [5.41, 5.74) is 7.46. The Kier molecular flexibility index (Phi) is 7.21. The fraction of sp³-hybridized carbons (Fsp3) is 0.300. The molecule has 6 nitrogen and oxygen atoms in total. The van der Waals surface area contributed by atoms with E-state index in [0.717, 1.165) is 12.8 Å². The topological polar surface area (TPSA) is 93.5 Å². The molecule has 1 saturated carbocycles. The van der Waals surface area contributed by atoms with E-state index in [1.54, 1.807) is 55.6 Å². The molecule has 2 atom stereocenters. The molecule has 2 unspecified atom stereocenters. The standard InChI is InChI=1S/C20H23N3O3.ClH/c1-26-16-10-8-15(9-11-16)22-20(25)17-4-2-3-5-18(17)23-19(24)13-6-7-14(21)12-13;/h2-5,8-11,13-14H,6-7,12,21H2,1H3,(H,22,25)(H,23,24);1H. The lowest BCUT2D eigenvalue weighted by atomic mass is 10.1. The maximum absolute atomic E-state index is 12.6. The second-order valence-corrected chi connectivity index (χ2v) is 6.49. The normalized spacial score (nSPS) is 18.3. The van der Waals surface area contributed by atoms with Crippen LogP contribution >= 0.6 is 12.4 Å². The van der Waals surface area contributed by atoms with Gasteiger partial charge >= 0.3 is 0 Å². The lowest BCUT2D eigenvalue weighted by Gasteiger charge is -2.14. The van der Waals surface area contributed by atoms with Crippen LogP contribution in [-0.4, -0.2) is 25.0 Å². The zero-order chi connectivity index (χ0) is 18.5. The first-order valence-corrected chi connectivity index (χ1v) is 8.67. The Bertz CT molecular complexity index is 795. The number of nitrogens with one attached hydrogen (secondary N) is 2. The van der Waals surface area contributed by atoms with Crippen molar-refractivity contribution in [3.8, 4) is 5.75 Å². The number of rotatable bonds is 5. The van der Waals surface area contributed by atoms with Crippen LogP contribution < -0.4 is 21.1 Å². The van der Waals surface area contributed by atoms with Gasteiger partial charge in [0, 0.05) is 17.6 Å². The third-order valence-corrected chi connectivity index (χ3v) is 4.62. The van der Waals surface area contributed by atoms with E-state index in [2.05, 4.69) is 10.6 Å². The average molecular weight is 390 g/mol. The Morgan fingerprint density at radius 3 is 2.37 bits per heavy atom. The molecule has 2 aromatic carbocycles. The van der Waals surface area contributed by atoms with Crippen LogP contribution in [0.4, 0.5) is 11.4 Å². The van der Waals surface area contributed by atoms with Crippen molar-refractivity contribution >= 4 is 35.6 Å². The van der Waals surface area contributed by atoms with E-state index >= 15 is 0 Å². The lowest BCUT2D eigenvalue weighted by molar-refractivity contribution is -0.119. The number of para-hydroxylation sites is 1. The van der Waals surface area contributed by atoms with Crippen LogP contribution in [0.2, 0.25) is 0 Å². The van der Waals surface area contributed by atoms with E-state index in [1.165, 1.54) is 0 Å². The lowest BCUT2D eigenvalue weighted by Crippen LogP contribution is -2.24. The SMILES string of the molecule is COc1ccc(NC(=O)c2ccccc2NC(=O)C2CCC(N)C2)cc1.Cl. The van der Waals surface area contributed by atoms with Crippen LogP contribution in [-0.2, 0) is 4.79 Å². The number of carbonyl (C=O) groups is 2. The van der Waals surface area contributed by atoms with Crippen molar-refractivity contribution in [1.29, 1.82) is 0 Å². The number of anilines is 2. The zero-order valence-corrected chi connectivity index (χ0v) is 15.9. The molecular weight excluding hydrogens is 366 g/mol. The molecule has 144 valence electrons. The summed E-state index contributed by atoms with van der Waals surface area (Å²) in [5.74, 6) is 0.255. The number of carbonyl (C=O) groups excluding carboxylic acids is 2. The minimum absolute atomic E-state index is 0. The molecule has 7 heteroatoms. The summed E-state index contributed by atoms with van der Waals surface area (Å²) >= 11 is 0. The predicted molar refractivity (Wildman–Crippen MR) is 109 cm³/mol. The predicted octanol–water partition coefficient (Wildman–Crippen LogP) is 3.44. The largest absolute Gasteiger partial charge is 0.497 e. The van der Waals surface area contributed by atoms with E-state index in [-0.39, 0.29) is 36.2 Å². The van der Waals surface area contributed by atoms with Crippen molar-refractivity contribution in [2.75, 3.05) is 17.7 Å². The summed E-state index contributed by atoms with van der Waals surface area (Å²) in [6.45, 7) is 0. The molecule has 3 rings (SSSR count). The summed E-state index contributed by atoms with van der Waals surface area (Å²) < 4.78 is 5.11. The fourth-order valence-corrected chi connectivity index (χ4v) is 3.15. The first-order chi connectivity index (χ1) is 12.6. The van der Waals surface area contributed by atoms with Crippen molar-refractivity contribution in [3.05, 3.63) is 54.1 Å². The quantitative estimate of drug-likeness (QED) is 0.730. The van der Waals surface area contributed by atoms with E-state index in [9.17, 15) is 9.59 Å². The van der Waals surface area contributed by atoms with Gasteiger partial charge in [-0.3, -0.25) is 9.59 Å². The molecule has 0 spiro atoms. The highest BCUT2D eigenvalue weighted by atomic mass is 35.5. The van der Waals surface area contributed by atoms with Gasteiger partial charge in [-0.15, -0.1) is 12.4 Å². The first kappa shape index (κ1) is 20.7. The van der Waals surface area contributed by atoms with Crippen molar-refractivity contribution < 1.29 is 14.3 Å². The van der Waals surface area contributed by atoms with E-state index < -0.39 is 0 Å². The summed E-state index contributed by atoms with van der Waals surface area (Å²) in [4.78, 5) is 25.1. The minimum atomic E-state index is -0.283. The molecular formula is C20H24ClN3O3. The van der Waals surface area contributed by atoms with Gasteiger partial charge in [0.05, 0.1) is 18.4 Å². The Balaban J connectivity index is 0.00000261. The third kappa shape index (κ3) is 5.21. The van der Waals surface area contributed by atoms with Gasteiger partial charge < -0.3 is 21.1 Å². The number of hydrogen-bond donors (Lipinski definition) is 3. The number of halogens is 1. The van der Waals surface area contributed by atoms with Crippen LogP contribution in [0.15, 0.2) is 48.5 Å². The zero-order valence-electron chi connectivity index (χ0n) is 15.1. The number of benzene rings is 2. The number of amides is 2. The highest BCUT2D eigenvalue weighted by Crippen LogP contribution is 2.26. The molecule has 4 N–H and O–H groups in total. The van der Waals surface area contributed by atoms with Crippen molar-refractivity contribution in [3.63, 3.8) is 0 Å². The van der Waals surface area contributed by atoms with Crippen LogP contribution in [0.1, 0.15) is 29.6 Å².